The highest BCUT2D eigenvalue weighted by molar-refractivity contribution is 6.04. The molecule has 4 aromatic rings. The molecule has 0 aliphatic heterocycles. The molecule has 28 heavy (non-hydrogen) atoms. The van der Waals surface area contributed by atoms with Crippen molar-refractivity contribution >= 4 is 21.9 Å². The van der Waals surface area contributed by atoms with Crippen molar-refractivity contribution in [2.75, 3.05) is 21.3 Å². The Morgan fingerprint density at radius 2 is 1.68 bits per heavy atom. The molecule has 0 fully saturated rings. The number of ether oxygens (including phenoxy) is 3. The lowest BCUT2D eigenvalue weighted by Crippen LogP contribution is -2.03. The van der Waals surface area contributed by atoms with Crippen LogP contribution in [-0.4, -0.2) is 26.4 Å². The van der Waals surface area contributed by atoms with Gasteiger partial charge in [-0.2, -0.15) is 0 Å². The summed E-state index contributed by atoms with van der Waals surface area (Å²) in [6.45, 7) is 1.86. The van der Waals surface area contributed by atoms with E-state index in [0.717, 1.165) is 5.56 Å². The molecular formula is C21H18O7. The molecule has 0 saturated heterocycles. The lowest BCUT2D eigenvalue weighted by Gasteiger charge is -2.14. The average molecular weight is 382 g/mol. The second-order valence-corrected chi connectivity index (χ2v) is 6.26. The smallest absolute Gasteiger partial charge is 0.235 e. The molecule has 0 amide bonds. The van der Waals surface area contributed by atoms with Crippen molar-refractivity contribution in [1.29, 1.82) is 0 Å². The zero-order valence-electron chi connectivity index (χ0n) is 15.8. The normalized spacial score (nSPS) is 11.1. The van der Waals surface area contributed by atoms with E-state index in [-0.39, 0.29) is 11.1 Å². The highest BCUT2D eigenvalue weighted by atomic mass is 16.5. The van der Waals surface area contributed by atoms with E-state index in [4.69, 9.17) is 23.0 Å². The first-order valence-electron chi connectivity index (χ1n) is 8.47. The third kappa shape index (κ3) is 2.47. The molecular weight excluding hydrogens is 364 g/mol. The summed E-state index contributed by atoms with van der Waals surface area (Å²) in [5.41, 5.74) is 1.63. The molecule has 7 nitrogen and oxygen atoms in total. The Morgan fingerprint density at radius 3 is 2.29 bits per heavy atom. The maximum Gasteiger partial charge on any atom is 0.235 e. The van der Waals surface area contributed by atoms with E-state index in [1.807, 2.05) is 6.92 Å². The molecule has 4 rings (SSSR count). The van der Waals surface area contributed by atoms with Gasteiger partial charge in [-0.25, -0.2) is 0 Å². The minimum Gasteiger partial charge on any atom is -0.502 e. The number of rotatable bonds is 4. The van der Waals surface area contributed by atoms with Gasteiger partial charge in [0.1, 0.15) is 11.2 Å². The fraction of sp³-hybridized carbons (Fsp3) is 0.190. The molecule has 2 aromatic carbocycles. The number of aromatic hydroxyl groups is 1. The van der Waals surface area contributed by atoms with Gasteiger partial charge in [-0.3, -0.25) is 4.79 Å². The van der Waals surface area contributed by atoms with E-state index in [1.165, 1.54) is 21.3 Å². The molecule has 7 heteroatoms. The number of methoxy groups -OCH3 is 3. The van der Waals surface area contributed by atoms with E-state index in [1.54, 1.807) is 30.5 Å². The Hall–Kier alpha value is -3.61. The fourth-order valence-electron chi connectivity index (χ4n) is 3.32. The van der Waals surface area contributed by atoms with Gasteiger partial charge in [0.05, 0.1) is 38.4 Å². The van der Waals surface area contributed by atoms with Crippen LogP contribution in [0.4, 0.5) is 0 Å². The van der Waals surface area contributed by atoms with Crippen LogP contribution in [0.25, 0.3) is 33.3 Å². The Labute approximate surface area is 159 Å². The monoisotopic (exact) mass is 382 g/mol. The van der Waals surface area contributed by atoms with Gasteiger partial charge >= 0.3 is 0 Å². The Kier molecular flexibility index (Phi) is 4.15. The number of furan rings is 1. The lowest BCUT2D eigenvalue weighted by atomic mass is 10.1. The number of benzene rings is 2. The van der Waals surface area contributed by atoms with E-state index in [2.05, 4.69) is 0 Å². The summed E-state index contributed by atoms with van der Waals surface area (Å²) >= 11 is 0. The summed E-state index contributed by atoms with van der Waals surface area (Å²) in [7, 11) is 4.46. The van der Waals surface area contributed by atoms with Crippen molar-refractivity contribution in [3.8, 4) is 34.3 Å². The molecule has 0 unspecified atom stereocenters. The summed E-state index contributed by atoms with van der Waals surface area (Å²) in [5, 5.41) is 11.5. The third-order valence-corrected chi connectivity index (χ3v) is 4.68. The van der Waals surface area contributed by atoms with Gasteiger partial charge in [0, 0.05) is 5.56 Å². The standard InChI is InChI=1S/C21H18O7/c1-10-9-27-13-6-5-12-17(22)18(23)19(28-20(12)16(10)13)11-7-14(24-2)21(26-4)15(8-11)25-3/h5-9,23H,1-4H3. The highest BCUT2D eigenvalue weighted by Gasteiger charge is 2.22. The van der Waals surface area contributed by atoms with Crippen molar-refractivity contribution in [2.24, 2.45) is 0 Å². The van der Waals surface area contributed by atoms with Gasteiger partial charge in [0.15, 0.2) is 17.3 Å². The second-order valence-electron chi connectivity index (χ2n) is 6.26. The van der Waals surface area contributed by atoms with Crippen LogP contribution in [-0.2, 0) is 0 Å². The molecule has 0 spiro atoms. The van der Waals surface area contributed by atoms with E-state index in [0.29, 0.717) is 39.4 Å². The van der Waals surface area contributed by atoms with Crippen molar-refractivity contribution in [2.45, 2.75) is 6.92 Å². The highest BCUT2D eigenvalue weighted by Crippen LogP contribution is 2.43. The number of hydrogen-bond acceptors (Lipinski definition) is 7. The molecule has 0 aliphatic carbocycles. The molecule has 0 aliphatic rings. The zero-order chi connectivity index (χ0) is 20.0. The molecule has 0 bridgehead atoms. The van der Waals surface area contributed by atoms with Gasteiger partial charge in [0.2, 0.25) is 16.9 Å². The van der Waals surface area contributed by atoms with Gasteiger partial charge in [-0.15, -0.1) is 0 Å². The van der Waals surface area contributed by atoms with Crippen LogP contribution >= 0.6 is 0 Å². The maximum atomic E-state index is 12.8. The predicted molar refractivity (Wildman–Crippen MR) is 104 cm³/mol. The van der Waals surface area contributed by atoms with E-state index >= 15 is 0 Å². The Balaban J connectivity index is 2.09. The summed E-state index contributed by atoms with van der Waals surface area (Å²) < 4.78 is 27.5. The molecule has 2 aromatic heterocycles. The number of aryl methyl sites for hydroxylation is 1. The molecule has 0 radical (unpaired) electrons. The van der Waals surface area contributed by atoms with Crippen LogP contribution < -0.4 is 19.6 Å². The lowest BCUT2D eigenvalue weighted by molar-refractivity contribution is 0.324. The fourth-order valence-corrected chi connectivity index (χ4v) is 3.32. The van der Waals surface area contributed by atoms with Crippen LogP contribution in [0, 0.1) is 6.92 Å². The first-order chi connectivity index (χ1) is 13.5. The zero-order valence-corrected chi connectivity index (χ0v) is 15.8. The minimum absolute atomic E-state index is 0.00449. The van der Waals surface area contributed by atoms with Gasteiger partial charge < -0.3 is 28.2 Å². The summed E-state index contributed by atoms with van der Waals surface area (Å²) in [6.07, 6.45) is 1.59. The van der Waals surface area contributed by atoms with Gasteiger partial charge in [-0.1, -0.05) is 0 Å². The quantitative estimate of drug-likeness (QED) is 0.564. The van der Waals surface area contributed by atoms with Crippen molar-refractivity contribution in [1.82, 2.24) is 0 Å². The molecule has 1 N–H and O–H groups in total. The molecule has 2 heterocycles. The maximum absolute atomic E-state index is 12.8. The van der Waals surface area contributed by atoms with Crippen LogP contribution in [0.15, 0.2) is 44.2 Å². The summed E-state index contributed by atoms with van der Waals surface area (Å²) in [5.74, 6) is 0.643. The van der Waals surface area contributed by atoms with Crippen LogP contribution in [0.3, 0.4) is 0 Å². The minimum atomic E-state index is -0.535. The SMILES string of the molecule is COc1cc(-c2oc3c(ccc4occ(C)c43)c(=O)c2O)cc(OC)c1OC. The average Bonchev–Trinajstić information content (AvgIpc) is 3.10. The topological polar surface area (TPSA) is 91.3 Å². The van der Waals surface area contributed by atoms with Crippen molar-refractivity contribution in [3.63, 3.8) is 0 Å². The third-order valence-electron chi connectivity index (χ3n) is 4.68. The first-order valence-corrected chi connectivity index (χ1v) is 8.47. The second kappa shape index (κ2) is 6.53. The predicted octanol–water partition coefficient (Wildman–Crippen LogP) is 4.25. The molecule has 0 saturated carbocycles. The molecule has 0 atom stereocenters. The van der Waals surface area contributed by atoms with Gasteiger partial charge in [-0.05, 0) is 36.8 Å². The number of hydrogen-bond donors (Lipinski definition) is 1. The van der Waals surface area contributed by atoms with Crippen molar-refractivity contribution < 1.29 is 28.2 Å². The van der Waals surface area contributed by atoms with E-state index < -0.39 is 11.2 Å². The summed E-state index contributed by atoms with van der Waals surface area (Å²) in [4.78, 5) is 12.8. The van der Waals surface area contributed by atoms with Crippen LogP contribution in [0.1, 0.15) is 5.56 Å². The van der Waals surface area contributed by atoms with Gasteiger partial charge in [0.25, 0.3) is 0 Å². The molecule has 144 valence electrons. The van der Waals surface area contributed by atoms with Crippen LogP contribution in [0.2, 0.25) is 0 Å². The summed E-state index contributed by atoms with van der Waals surface area (Å²) in [6, 6.07) is 6.46. The number of fused-ring (bicyclic) bond motifs is 3. The first kappa shape index (κ1) is 17.8. The Morgan fingerprint density at radius 1 is 1.00 bits per heavy atom. The largest absolute Gasteiger partial charge is 0.502 e. The van der Waals surface area contributed by atoms with Crippen molar-refractivity contribution in [3.05, 3.63) is 46.3 Å². The van der Waals surface area contributed by atoms with E-state index in [9.17, 15) is 9.90 Å². The van der Waals surface area contributed by atoms with Crippen LogP contribution in [0.5, 0.6) is 23.0 Å². The Bertz CT molecular complexity index is 1240.